The van der Waals surface area contributed by atoms with Gasteiger partial charge in [0.25, 0.3) is 11.8 Å². The molecule has 1 aliphatic rings. The molecule has 0 unspecified atom stereocenters. The molecule has 1 aromatic carbocycles. The average molecular weight is 547 g/mol. The summed E-state index contributed by atoms with van der Waals surface area (Å²) in [4.78, 5) is 61.7. The third-order valence-electron chi connectivity index (χ3n) is 5.76. The van der Waals surface area contributed by atoms with Gasteiger partial charge in [-0.3, -0.25) is 28.9 Å². The number of benzene rings is 1. The van der Waals surface area contributed by atoms with Gasteiger partial charge in [-0.25, -0.2) is 0 Å². The van der Waals surface area contributed by atoms with E-state index in [9.17, 15) is 24.0 Å². The number of amides is 5. The second-order valence-corrected chi connectivity index (χ2v) is 9.27. The van der Waals surface area contributed by atoms with Gasteiger partial charge in [0.15, 0.2) is 0 Å². The van der Waals surface area contributed by atoms with Crippen molar-refractivity contribution in [2.45, 2.75) is 45.9 Å². The lowest BCUT2D eigenvalue weighted by Gasteiger charge is -2.24. The molecule has 0 saturated heterocycles. The van der Waals surface area contributed by atoms with E-state index < -0.39 is 18.0 Å². The molecule has 0 bridgehead atoms. The second kappa shape index (κ2) is 16.4. The van der Waals surface area contributed by atoms with Crippen LogP contribution in [0.2, 0.25) is 0 Å². The Bertz CT molecular complexity index is 1010. The van der Waals surface area contributed by atoms with Gasteiger partial charge in [-0.05, 0) is 30.5 Å². The normalized spacial score (nSPS) is 14.4. The molecule has 5 amide bonds. The van der Waals surface area contributed by atoms with Gasteiger partial charge in [-0.1, -0.05) is 26.0 Å². The summed E-state index contributed by atoms with van der Waals surface area (Å²) in [6, 6.07) is 5.53. The summed E-state index contributed by atoms with van der Waals surface area (Å²) in [5.74, 6) is -2.14. The lowest BCUT2D eigenvalue weighted by Crippen LogP contribution is -2.53. The van der Waals surface area contributed by atoms with Gasteiger partial charge in [0.2, 0.25) is 17.7 Å². The van der Waals surface area contributed by atoms with Crippen molar-refractivity contribution in [3.8, 4) is 0 Å². The van der Waals surface area contributed by atoms with E-state index >= 15 is 0 Å². The first-order valence-corrected chi connectivity index (χ1v) is 12.8. The number of nitrogens with zero attached hydrogens (tertiary/aromatic N) is 1. The topological polar surface area (TPSA) is 152 Å². The number of methoxy groups -OCH3 is 1. The Morgan fingerprint density at radius 3 is 2.05 bits per heavy atom. The van der Waals surface area contributed by atoms with Crippen molar-refractivity contribution < 1.29 is 38.2 Å². The van der Waals surface area contributed by atoms with Gasteiger partial charge < -0.3 is 30.2 Å². The van der Waals surface area contributed by atoms with Crippen molar-refractivity contribution in [2.75, 3.05) is 45.4 Å². The fraction of sp³-hybridized carbons (Fsp3) is 0.519. The predicted octanol–water partition coefficient (Wildman–Crippen LogP) is 0.765. The molecular formula is C27H38N4O8. The Balaban J connectivity index is 1.65. The largest absolute Gasteiger partial charge is 0.380 e. The smallest absolute Gasteiger partial charge is 0.253 e. The highest BCUT2D eigenvalue weighted by atomic mass is 16.5. The lowest BCUT2D eigenvalue weighted by molar-refractivity contribution is -0.137. The van der Waals surface area contributed by atoms with Crippen LogP contribution in [-0.2, 0) is 44.8 Å². The maximum atomic E-state index is 12.8. The molecule has 1 aromatic rings. The molecule has 0 spiro atoms. The van der Waals surface area contributed by atoms with E-state index in [0.29, 0.717) is 12.3 Å². The number of ether oxygens (including phenoxy) is 3. The molecule has 1 aliphatic heterocycles. The molecule has 39 heavy (non-hydrogen) atoms. The summed E-state index contributed by atoms with van der Waals surface area (Å²) in [5.41, 5.74) is 1.56. The maximum Gasteiger partial charge on any atom is 0.253 e. The second-order valence-electron chi connectivity index (χ2n) is 9.27. The minimum atomic E-state index is -0.824. The van der Waals surface area contributed by atoms with Gasteiger partial charge in [-0.2, -0.15) is 0 Å². The quantitative estimate of drug-likeness (QED) is 0.191. The summed E-state index contributed by atoms with van der Waals surface area (Å²) in [5, 5.41) is 8.11. The van der Waals surface area contributed by atoms with Crippen LogP contribution in [0.25, 0.3) is 0 Å². The molecule has 2 rings (SSSR count). The Morgan fingerprint density at radius 2 is 1.46 bits per heavy atom. The first kappa shape index (κ1) is 31.6. The summed E-state index contributed by atoms with van der Waals surface area (Å²) in [6.07, 6.45) is 2.47. The SMILES string of the molecule is COCc1ccc(NC(=O)[C@H](C)NC(=O)[C@@H](NC(=O)CCOCCOCCN2C(=O)C=CC2=O)C(C)C)cc1. The van der Waals surface area contributed by atoms with Gasteiger partial charge in [0.1, 0.15) is 12.1 Å². The minimum absolute atomic E-state index is 0.0358. The number of hydrogen-bond acceptors (Lipinski definition) is 8. The Morgan fingerprint density at radius 1 is 0.846 bits per heavy atom. The van der Waals surface area contributed by atoms with E-state index in [2.05, 4.69) is 16.0 Å². The Kier molecular flexibility index (Phi) is 13.3. The molecule has 3 N–H and O–H groups in total. The average Bonchev–Trinajstić information content (AvgIpc) is 3.21. The summed E-state index contributed by atoms with van der Waals surface area (Å²) in [6.45, 7) is 6.56. The van der Waals surface area contributed by atoms with E-state index in [1.807, 2.05) is 12.1 Å². The molecule has 0 radical (unpaired) electrons. The van der Waals surface area contributed by atoms with Crippen LogP contribution in [0, 0.1) is 5.92 Å². The molecule has 2 atom stereocenters. The number of imide groups is 1. The van der Waals surface area contributed by atoms with Gasteiger partial charge in [0, 0.05) is 31.4 Å². The standard InChI is InChI=1S/C27H38N4O8/c1-18(2)25(27(36)28-19(3)26(35)29-21-7-5-20(6-8-21)17-37-4)30-22(32)11-13-38-15-16-39-14-12-31-23(33)9-10-24(31)34/h5-10,18-19,25H,11-17H2,1-4H3,(H,28,36)(H,29,35)(H,30,32)/t19-,25-/m0/s1. The van der Waals surface area contributed by atoms with Gasteiger partial charge in [-0.15, -0.1) is 0 Å². The van der Waals surface area contributed by atoms with E-state index in [-0.39, 0.29) is 68.9 Å². The fourth-order valence-electron chi connectivity index (χ4n) is 3.54. The maximum absolute atomic E-state index is 12.8. The number of hydrogen-bond donors (Lipinski definition) is 3. The highest BCUT2D eigenvalue weighted by Gasteiger charge is 2.27. The van der Waals surface area contributed by atoms with Crippen molar-refractivity contribution in [1.82, 2.24) is 15.5 Å². The molecule has 1 heterocycles. The van der Waals surface area contributed by atoms with E-state index in [0.717, 1.165) is 10.5 Å². The highest BCUT2D eigenvalue weighted by molar-refractivity contribution is 6.12. The summed E-state index contributed by atoms with van der Waals surface area (Å²) in [7, 11) is 1.60. The van der Waals surface area contributed by atoms with E-state index in [1.54, 1.807) is 40.0 Å². The van der Waals surface area contributed by atoms with Crippen LogP contribution in [0.5, 0.6) is 0 Å². The minimum Gasteiger partial charge on any atom is -0.380 e. The number of nitrogens with one attached hydrogen (secondary N) is 3. The summed E-state index contributed by atoms with van der Waals surface area (Å²) < 4.78 is 15.8. The first-order chi connectivity index (χ1) is 18.6. The third-order valence-corrected chi connectivity index (χ3v) is 5.76. The molecule has 12 nitrogen and oxygen atoms in total. The molecule has 214 valence electrons. The van der Waals surface area contributed by atoms with E-state index in [4.69, 9.17) is 14.2 Å². The van der Waals surface area contributed by atoms with Crippen LogP contribution in [0.3, 0.4) is 0 Å². The molecular weight excluding hydrogens is 508 g/mol. The number of rotatable bonds is 17. The first-order valence-electron chi connectivity index (χ1n) is 12.8. The molecule has 0 aliphatic carbocycles. The molecule has 0 saturated carbocycles. The Hall–Kier alpha value is -3.61. The Labute approximate surface area is 228 Å². The number of carbonyl (C=O) groups is 5. The molecule has 0 fully saturated rings. The van der Waals surface area contributed by atoms with E-state index in [1.165, 1.54) is 12.2 Å². The van der Waals surface area contributed by atoms with Crippen LogP contribution in [0.15, 0.2) is 36.4 Å². The number of anilines is 1. The molecule has 0 aromatic heterocycles. The van der Waals surface area contributed by atoms with Crippen LogP contribution in [0.1, 0.15) is 32.8 Å². The fourth-order valence-corrected chi connectivity index (χ4v) is 3.54. The number of carbonyl (C=O) groups excluding carboxylic acids is 5. The van der Waals surface area contributed by atoms with Crippen LogP contribution < -0.4 is 16.0 Å². The zero-order valence-corrected chi connectivity index (χ0v) is 22.9. The van der Waals surface area contributed by atoms with Crippen molar-refractivity contribution in [2.24, 2.45) is 5.92 Å². The molecule has 12 heteroatoms. The van der Waals surface area contributed by atoms with Crippen LogP contribution in [-0.4, -0.2) is 86.6 Å². The van der Waals surface area contributed by atoms with Crippen LogP contribution >= 0.6 is 0 Å². The predicted molar refractivity (Wildman–Crippen MR) is 142 cm³/mol. The zero-order chi connectivity index (χ0) is 28.8. The zero-order valence-electron chi connectivity index (χ0n) is 22.9. The third kappa shape index (κ3) is 11.0. The van der Waals surface area contributed by atoms with Crippen molar-refractivity contribution in [1.29, 1.82) is 0 Å². The van der Waals surface area contributed by atoms with Crippen molar-refractivity contribution in [3.63, 3.8) is 0 Å². The van der Waals surface area contributed by atoms with Gasteiger partial charge >= 0.3 is 0 Å². The van der Waals surface area contributed by atoms with Crippen LogP contribution in [0.4, 0.5) is 5.69 Å². The highest BCUT2D eigenvalue weighted by Crippen LogP contribution is 2.11. The van der Waals surface area contributed by atoms with Crippen molar-refractivity contribution in [3.05, 3.63) is 42.0 Å². The van der Waals surface area contributed by atoms with Gasteiger partial charge in [0.05, 0.1) is 39.6 Å². The monoisotopic (exact) mass is 546 g/mol. The summed E-state index contributed by atoms with van der Waals surface area (Å²) >= 11 is 0. The lowest BCUT2D eigenvalue weighted by atomic mass is 10.0. The van der Waals surface area contributed by atoms with Crippen molar-refractivity contribution >= 4 is 35.2 Å².